The van der Waals surface area contributed by atoms with Crippen LogP contribution in [0.1, 0.15) is 5.56 Å². The van der Waals surface area contributed by atoms with Crippen molar-refractivity contribution in [1.82, 2.24) is 9.97 Å². The molecule has 0 unspecified atom stereocenters. The van der Waals surface area contributed by atoms with Crippen LogP contribution in [0, 0.1) is 6.92 Å². The van der Waals surface area contributed by atoms with Crippen LogP contribution in [0.5, 0.6) is 0 Å². The lowest BCUT2D eigenvalue weighted by molar-refractivity contribution is 0.601. The molecule has 0 aliphatic rings. The fourth-order valence-electron chi connectivity index (χ4n) is 1.33. The van der Waals surface area contributed by atoms with E-state index >= 15 is 0 Å². The Morgan fingerprint density at radius 1 is 1.22 bits per heavy atom. The number of aryl methyl sites for hydroxylation is 1. The predicted molar refractivity (Wildman–Crippen MR) is 68.4 cm³/mol. The zero-order valence-electron chi connectivity index (χ0n) is 9.66. The Bertz CT molecular complexity index is 653. The van der Waals surface area contributed by atoms with E-state index in [2.05, 4.69) is 14.7 Å². The van der Waals surface area contributed by atoms with Crippen LogP contribution in [-0.2, 0) is 10.0 Å². The molecule has 0 aromatic carbocycles. The second kappa shape index (κ2) is 4.61. The van der Waals surface area contributed by atoms with Crippen LogP contribution < -0.4 is 10.5 Å². The van der Waals surface area contributed by atoms with E-state index in [1.807, 2.05) is 0 Å². The summed E-state index contributed by atoms with van der Waals surface area (Å²) in [4.78, 5) is 7.68. The first-order valence-electron chi connectivity index (χ1n) is 5.14. The number of aromatic nitrogens is 2. The van der Waals surface area contributed by atoms with Crippen molar-refractivity contribution in [2.75, 3.05) is 10.5 Å². The van der Waals surface area contributed by atoms with Gasteiger partial charge in [-0.15, -0.1) is 0 Å². The maximum Gasteiger partial charge on any atom is 0.263 e. The van der Waals surface area contributed by atoms with E-state index in [4.69, 9.17) is 5.73 Å². The number of nitrogens with two attached hydrogens (primary N) is 1. The van der Waals surface area contributed by atoms with Gasteiger partial charge in [-0.3, -0.25) is 9.71 Å². The highest BCUT2D eigenvalue weighted by Gasteiger charge is 2.15. The number of rotatable bonds is 3. The van der Waals surface area contributed by atoms with Crippen molar-refractivity contribution in [3.8, 4) is 0 Å². The molecule has 2 aromatic heterocycles. The van der Waals surface area contributed by atoms with E-state index in [0.29, 0.717) is 5.69 Å². The number of sulfonamides is 1. The summed E-state index contributed by atoms with van der Waals surface area (Å²) in [5, 5.41) is 0. The Labute approximate surface area is 105 Å². The smallest absolute Gasteiger partial charge is 0.263 e. The molecule has 18 heavy (non-hydrogen) atoms. The van der Waals surface area contributed by atoms with Crippen molar-refractivity contribution in [2.24, 2.45) is 0 Å². The third kappa shape index (κ3) is 2.57. The fraction of sp³-hybridized carbons (Fsp3) is 0.0909. The molecule has 94 valence electrons. The van der Waals surface area contributed by atoms with Gasteiger partial charge in [0, 0.05) is 12.4 Å². The van der Waals surface area contributed by atoms with Gasteiger partial charge in [-0.1, -0.05) is 0 Å². The van der Waals surface area contributed by atoms with Crippen LogP contribution in [0.15, 0.2) is 41.7 Å². The highest BCUT2D eigenvalue weighted by atomic mass is 32.2. The summed E-state index contributed by atoms with van der Waals surface area (Å²) in [7, 11) is -3.66. The zero-order valence-corrected chi connectivity index (χ0v) is 10.5. The largest absolute Gasteiger partial charge is 0.384 e. The average molecular weight is 264 g/mol. The van der Waals surface area contributed by atoms with Gasteiger partial charge < -0.3 is 5.73 Å². The van der Waals surface area contributed by atoms with Gasteiger partial charge in [-0.05, 0) is 30.7 Å². The van der Waals surface area contributed by atoms with Gasteiger partial charge in [-0.25, -0.2) is 13.4 Å². The molecule has 7 heteroatoms. The maximum atomic E-state index is 12.0. The van der Waals surface area contributed by atoms with Gasteiger partial charge in [0.1, 0.15) is 10.7 Å². The van der Waals surface area contributed by atoms with Crippen LogP contribution in [0.25, 0.3) is 0 Å². The Morgan fingerprint density at radius 2 is 2.00 bits per heavy atom. The molecule has 0 aliphatic heterocycles. The van der Waals surface area contributed by atoms with Crippen LogP contribution in [0.2, 0.25) is 0 Å². The van der Waals surface area contributed by atoms with E-state index in [1.54, 1.807) is 19.2 Å². The van der Waals surface area contributed by atoms with Gasteiger partial charge >= 0.3 is 0 Å². The van der Waals surface area contributed by atoms with Crippen molar-refractivity contribution >= 4 is 21.5 Å². The molecule has 0 amide bonds. The Hall–Kier alpha value is -2.15. The van der Waals surface area contributed by atoms with Gasteiger partial charge in [0.2, 0.25) is 0 Å². The molecule has 0 saturated heterocycles. The van der Waals surface area contributed by atoms with Gasteiger partial charge in [0.05, 0.1) is 11.9 Å². The lowest BCUT2D eigenvalue weighted by Crippen LogP contribution is -2.14. The Kier molecular flexibility index (Phi) is 3.15. The number of hydrogen-bond donors (Lipinski definition) is 2. The minimum absolute atomic E-state index is 0.0555. The first-order chi connectivity index (χ1) is 8.49. The molecular weight excluding hydrogens is 252 g/mol. The summed E-state index contributed by atoms with van der Waals surface area (Å²) in [6.45, 7) is 1.79. The van der Waals surface area contributed by atoms with Crippen LogP contribution in [0.4, 0.5) is 11.5 Å². The van der Waals surface area contributed by atoms with Crippen molar-refractivity contribution in [2.45, 2.75) is 11.8 Å². The number of nitrogens with zero attached hydrogens (tertiary/aromatic N) is 2. The van der Waals surface area contributed by atoms with E-state index < -0.39 is 10.0 Å². The molecular formula is C11H12N4O2S. The van der Waals surface area contributed by atoms with E-state index in [9.17, 15) is 8.42 Å². The van der Waals surface area contributed by atoms with Gasteiger partial charge in [0.15, 0.2) is 0 Å². The molecule has 2 heterocycles. The molecule has 3 N–H and O–H groups in total. The standard InChI is InChI=1S/C11H12N4O2S/c1-8-4-5-13-7-10(8)15-18(16,17)9-2-3-11(12)14-6-9/h2-7,15H,1H3,(H2,12,14). The van der Waals surface area contributed by atoms with E-state index in [0.717, 1.165) is 5.56 Å². The summed E-state index contributed by atoms with van der Waals surface area (Å²) >= 11 is 0. The first-order valence-corrected chi connectivity index (χ1v) is 6.62. The van der Waals surface area contributed by atoms with E-state index in [-0.39, 0.29) is 10.7 Å². The fourth-order valence-corrected chi connectivity index (χ4v) is 2.38. The average Bonchev–Trinajstić information content (AvgIpc) is 2.32. The topological polar surface area (TPSA) is 98.0 Å². The summed E-state index contributed by atoms with van der Waals surface area (Å²) in [6, 6.07) is 4.56. The lowest BCUT2D eigenvalue weighted by atomic mass is 10.3. The van der Waals surface area contributed by atoms with Crippen LogP contribution in [0.3, 0.4) is 0 Å². The quantitative estimate of drug-likeness (QED) is 0.867. The molecule has 2 aromatic rings. The highest BCUT2D eigenvalue weighted by molar-refractivity contribution is 7.92. The molecule has 0 saturated carbocycles. The first kappa shape index (κ1) is 12.3. The lowest BCUT2D eigenvalue weighted by Gasteiger charge is -2.09. The summed E-state index contributed by atoms with van der Waals surface area (Å²) in [6.07, 6.45) is 4.26. The number of nitrogen functional groups attached to an aromatic ring is 1. The van der Waals surface area contributed by atoms with Crippen LogP contribution >= 0.6 is 0 Å². The third-order valence-electron chi connectivity index (χ3n) is 2.35. The number of nitrogens with one attached hydrogen (secondary N) is 1. The minimum atomic E-state index is -3.66. The molecule has 6 nitrogen and oxygen atoms in total. The normalized spacial score (nSPS) is 11.2. The van der Waals surface area contributed by atoms with Crippen molar-refractivity contribution in [1.29, 1.82) is 0 Å². The monoisotopic (exact) mass is 264 g/mol. The maximum absolute atomic E-state index is 12.0. The number of pyridine rings is 2. The van der Waals surface area contributed by atoms with Gasteiger partial charge in [-0.2, -0.15) is 0 Å². The van der Waals surface area contributed by atoms with E-state index in [1.165, 1.54) is 24.5 Å². The highest BCUT2D eigenvalue weighted by Crippen LogP contribution is 2.17. The summed E-state index contributed by atoms with van der Waals surface area (Å²) < 4.78 is 26.5. The number of hydrogen-bond acceptors (Lipinski definition) is 5. The van der Waals surface area contributed by atoms with Crippen molar-refractivity contribution in [3.63, 3.8) is 0 Å². The van der Waals surface area contributed by atoms with Crippen molar-refractivity contribution in [3.05, 3.63) is 42.4 Å². The predicted octanol–water partition coefficient (Wildman–Crippen LogP) is 1.17. The Morgan fingerprint density at radius 3 is 2.61 bits per heavy atom. The second-order valence-corrected chi connectivity index (χ2v) is 5.40. The second-order valence-electron chi connectivity index (χ2n) is 3.71. The molecule has 2 rings (SSSR count). The third-order valence-corrected chi connectivity index (χ3v) is 3.70. The molecule has 0 radical (unpaired) electrons. The molecule has 0 bridgehead atoms. The Balaban J connectivity index is 2.33. The van der Waals surface area contributed by atoms with Crippen LogP contribution in [-0.4, -0.2) is 18.4 Å². The molecule has 0 aliphatic carbocycles. The minimum Gasteiger partial charge on any atom is -0.384 e. The zero-order chi connectivity index (χ0) is 13.2. The summed E-state index contributed by atoms with van der Waals surface area (Å²) in [5.74, 6) is 0.270. The summed E-state index contributed by atoms with van der Waals surface area (Å²) in [5.41, 5.74) is 6.64. The SMILES string of the molecule is Cc1ccncc1NS(=O)(=O)c1ccc(N)nc1. The van der Waals surface area contributed by atoms with Gasteiger partial charge in [0.25, 0.3) is 10.0 Å². The number of anilines is 2. The molecule has 0 spiro atoms. The van der Waals surface area contributed by atoms with Crippen molar-refractivity contribution < 1.29 is 8.42 Å². The molecule has 0 fully saturated rings. The molecule has 0 atom stereocenters.